The first-order chi connectivity index (χ1) is 7.22. The number of methoxy groups -OCH3 is 1. The van der Waals surface area contributed by atoms with Gasteiger partial charge in [0.2, 0.25) is 0 Å². The standard InChI is InChI=1S/C11H12BrNO2/c1-15-8-5-7-3-2-4-13-11(14)10(7)9(12)6-8/h5-6H,2-4H2,1H3,(H,13,14). The van der Waals surface area contributed by atoms with Crippen molar-refractivity contribution in [3.05, 3.63) is 27.7 Å². The second kappa shape index (κ2) is 4.23. The molecule has 1 amide bonds. The van der Waals surface area contributed by atoms with Crippen LogP contribution in [0.1, 0.15) is 22.3 Å². The molecule has 1 aromatic rings. The highest BCUT2D eigenvalue weighted by molar-refractivity contribution is 9.10. The summed E-state index contributed by atoms with van der Waals surface area (Å²) in [5, 5.41) is 2.87. The Kier molecular flexibility index (Phi) is 2.95. The molecule has 0 bridgehead atoms. The van der Waals surface area contributed by atoms with E-state index in [9.17, 15) is 4.79 Å². The lowest BCUT2D eigenvalue weighted by molar-refractivity contribution is 0.0955. The summed E-state index contributed by atoms with van der Waals surface area (Å²) in [5.41, 5.74) is 1.80. The normalized spacial score (nSPS) is 15.2. The zero-order valence-corrected chi connectivity index (χ0v) is 10.1. The van der Waals surface area contributed by atoms with Crippen molar-refractivity contribution >= 4 is 21.8 Å². The van der Waals surface area contributed by atoms with Gasteiger partial charge in [0.05, 0.1) is 12.7 Å². The summed E-state index contributed by atoms with van der Waals surface area (Å²) < 4.78 is 5.98. The Morgan fingerprint density at radius 3 is 3.00 bits per heavy atom. The third-order valence-electron chi connectivity index (χ3n) is 2.52. The van der Waals surface area contributed by atoms with Gasteiger partial charge in [-0.15, -0.1) is 0 Å². The van der Waals surface area contributed by atoms with Gasteiger partial charge in [0.25, 0.3) is 5.91 Å². The van der Waals surface area contributed by atoms with Crippen LogP contribution in [-0.2, 0) is 6.42 Å². The smallest absolute Gasteiger partial charge is 0.252 e. The second-order valence-corrected chi connectivity index (χ2v) is 4.36. The molecule has 0 fully saturated rings. The van der Waals surface area contributed by atoms with Gasteiger partial charge in [-0.1, -0.05) is 0 Å². The van der Waals surface area contributed by atoms with E-state index in [-0.39, 0.29) is 5.91 Å². The van der Waals surface area contributed by atoms with Crippen molar-refractivity contribution < 1.29 is 9.53 Å². The molecular formula is C11H12BrNO2. The van der Waals surface area contributed by atoms with Crippen LogP contribution >= 0.6 is 15.9 Å². The zero-order chi connectivity index (χ0) is 10.8. The first-order valence-electron chi connectivity index (χ1n) is 4.87. The molecule has 0 saturated carbocycles. The van der Waals surface area contributed by atoms with Crippen molar-refractivity contribution in [1.29, 1.82) is 0 Å². The predicted molar refractivity (Wildman–Crippen MR) is 61.3 cm³/mol. The van der Waals surface area contributed by atoms with Crippen molar-refractivity contribution in [2.75, 3.05) is 13.7 Å². The molecule has 0 unspecified atom stereocenters. The molecule has 1 aromatic carbocycles. The van der Waals surface area contributed by atoms with E-state index in [0.29, 0.717) is 0 Å². The van der Waals surface area contributed by atoms with Gasteiger partial charge in [-0.2, -0.15) is 0 Å². The highest BCUT2D eigenvalue weighted by Gasteiger charge is 2.19. The molecule has 0 atom stereocenters. The van der Waals surface area contributed by atoms with Gasteiger partial charge in [-0.3, -0.25) is 4.79 Å². The Bertz CT molecular complexity index is 404. The molecule has 0 spiro atoms. The number of halogens is 1. The summed E-state index contributed by atoms with van der Waals surface area (Å²) in [6.45, 7) is 0.738. The Morgan fingerprint density at radius 2 is 2.27 bits per heavy atom. The lowest BCUT2D eigenvalue weighted by Crippen LogP contribution is -2.23. The van der Waals surface area contributed by atoms with Crippen molar-refractivity contribution in [3.8, 4) is 5.75 Å². The summed E-state index contributed by atoms with van der Waals surface area (Å²) in [4.78, 5) is 11.7. The molecule has 1 aliphatic heterocycles. The number of hydrogen-bond acceptors (Lipinski definition) is 2. The Balaban J connectivity index is 2.54. The molecule has 15 heavy (non-hydrogen) atoms. The number of nitrogens with one attached hydrogen (secondary N) is 1. The minimum atomic E-state index is -0.00275. The molecule has 1 N–H and O–H groups in total. The van der Waals surface area contributed by atoms with Crippen LogP contribution < -0.4 is 10.1 Å². The van der Waals surface area contributed by atoms with Gasteiger partial charge >= 0.3 is 0 Å². The number of fused-ring (bicyclic) bond motifs is 1. The average Bonchev–Trinajstić information content (AvgIpc) is 2.40. The van der Waals surface area contributed by atoms with Gasteiger partial charge in [-0.25, -0.2) is 0 Å². The molecule has 3 nitrogen and oxygen atoms in total. The van der Waals surface area contributed by atoms with Crippen molar-refractivity contribution in [3.63, 3.8) is 0 Å². The van der Waals surface area contributed by atoms with Crippen molar-refractivity contribution in [1.82, 2.24) is 5.32 Å². The zero-order valence-electron chi connectivity index (χ0n) is 8.47. The topological polar surface area (TPSA) is 38.3 Å². The number of benzene rings is 1. The van der Waals surface area contributed by atoms with E-state index < -0.39 is 0 Å². The molecule has 2 rings (SSSR count). The maximum atomic E-state index is 11.7. The van der Waals surface area contributed by atoms with Gasteiger partial charge in [-0.05, 0) is 46.5 Å². The number of carbonyl (C=O) groups is 1. The van der Waals surface area contributed by atoms with E-state index in [1.165, 1.54) is 0 Å². The first-order valence-corrected chi connectivity index (χ1v) is 5.66. The summed E-state index contributed by atoms with van der Waals surface area (Å²) in [6.07, 6.45) is 1.88. The lowest BCUT2D eigenvalue weighted by Gasteiger charge is -2.09. The average molecular weight is 270 g/mol. The molecule has 0 saturated heterocycles. The fraction of sp³-hybridized carbons (Fsp3) is 0.364. The predicted octanol–water partition coefficient (Wildman–Crippen LogP) is 2.13. The van der Waals surface area contributed by atoms with Crippen LogP contribution in [0.25, 0.3) is 0 Å². The van der Waals surface area contributed by atoms with E-state index in [1.807, 2.05) is 12.1 Å². The number of ether oxygens (including phenoxy) is 1. The van der Waals surface area contributed by atoms with Crippen LogP contribution in [0, 0.1) is 0 Å². The molecule has 0 aliphatic carbocycles. The maximum absolute atomic E-state index is 11.7. The highest BCUT2D eigenvalue weighted by atomic mass is 79.9. The SMILES string of the molecule is COc1cc(Br)c2c(c1)CCCNC2=O. The summed E-state index contributed by atoms with van der Waals surface area (Å²) in [6, 6.07) is 3.76. The molecular weight excluding hydrogens is 258 g/mol. The maximum Gasteiger partial charge on any atom is 0.252 e. The third-order valence-corrected chi connectivity index (χ3v) is 3.14. The number of amides is 1. The quantitative estimate of drug-likeness (QED) is 0.849. The summed E-state index contributed by atoms with van der Waals surface area (Å²) in [7, 11) is 1.63. The van der Waals surface area contributed by atoms with Crippen LogP contribution in [-0.4, -0.2) is 19.6 Å². The van der Waals surface area contributed by atoms with Crippen molar-refractivity contribution in [2.24, 2.45) is 0 Å². The van der Waals surface area contributed by atoms with Gasteiger partial charge in [0.15, 0.2) is 0 Å². The Labute approximate surface area is 96.9 Å². The molecule has 0 aromatic heterocycles. The molecule has 0 radical (unpaired) electrons. The number of carbonyl (C=O) groups excluding carboxylic acids is 1. The first kappa shape index (κ1) is 10.5. The minimum absolute atomic E-state index is 0.00275. The van der Waals surface area contributed by atoms with Crippen molar-refractivity contribution in [2.45, 2.75) is 12.8 Å². The number of rotatable bonds is 1. The van der Waals surface area contributed by atoms with Crippen LogP contribution in [0.3, 0.4) is 0 Å². The highest BCUT2D eigenvalue weighted by Crippen LogP contribution is 2.28. The molecule has 4 heteroatoms. The van der Waals surface area contributed by atoms with Crippen LogP contribution in [0.5, 0.6) is 5.75 Å². The second-order valence-electron chi connectivity index (χ2n) is 3.50. The fourth-order valence-corrected chi connectivity index (χ4v) is 2.43. The lowest BCUT2D eigenvalue weighted by atomic mass is 10.0. The fourth-order valence-electron chi connectivity index (χ4n) is 1.77. The van der Waals surface area contributed by atoms with E-state index in [1.54, 1.807) is 7.11 Å². The van der Waals surface area contributed by atoms with E-state index in [4.69, 9.17) is 4.74 Å². The Hall–Kier alpha value is -1.03. The van der Waals surface area contributed by atoms with E-state index in [0.717, 1.165) is 40.7 Å². The van der Waals surface area contributed by atoms with Crippen LogP contribution in [0.4, 0.5) is 0 Å². The van der Waals surface area contributed by atoms with Gasteiger partial charge in [0.1, 0.15) is 5.75 Å². The molecule has 1 heterocycles. The van der Waals surface area contributed by atoms with E-state index >= 15 is 0 Å². The van der Waals surface area contributed by atoms with Crippen LogP contribution in [0.2, 0.25) is 0 Å². The van der Waals surface area contributed by atoms with E-state index in [2.05, 4.69) is 21.2 Å². The third kappa shape index (κ3) is 2.00. The number of aryl methyl sites for hydroxylation is 1. The minimum Gasteiger partial charge on any atom is -0.497 e. The van der Waals surface area contributed by atoms with Crippen LogP contribution in [0.15, 0.2) is 16.6 Å². The monoisotopic (exact) mass is 269 g/mol. The van der Waals surface area contributed by atoms with Gasteiger partial charge in [0, 0.05) is 11.0 Å². The number of hydrogen-bond donors (Lipinski definition) is 1. The molecule has 1 aliphatic rings. The Morgan fingerprint density at radius 1 is 1.47 bits per heavy atom. The molecule has 80 valence electrons. The van der Waals surface area contributed by atoms with Gasteiger partial charge < -0.3 is 10.1 Å². The largest absolute Gasteiger partial charge is 0.497 e. The summed E-state index contributed by atoms with van der Waals surface area (Å²) in [5.74, 6) is 0.785. The summed E-state index contributed by atoms with van der Waals surface area (Å²) >= 11 is 3.41.